The zero-order chi connectivity index (χ0) is 19.2. The average molecular weight is 379 g/mol. The summed E-state index contributed by atoms with van der Waals surface area (Å²) in [6.45, 7) is 3.82. The lowest BCUT2D eigenvalue weighted by Gasteiger charge is -2.32. The van der Waals surface area contributed by atoms with Crippen molar-refractivity contribution in [3.05, 3.63) is 47.8 Å². The van der Waals surface area contributed by atoms with Crippen LogP contribution in [0.5, 0.6) is 0 Å². The summed E-state index contributed by atoms with van der Waals surface area (Å²) in [6.07, 6.45) is 16.8. The molecular formula is C24H33F3. The molecule has 0 spiro atoms. The average Bonchev–Trinajstić information content (AvgIpc) is 2.69. The van der Waals surface area contributed by atoms with Crippen molar-refractivity contribution >= 4 is 0 Å². The highest BCUT2D eigenvalue weighted by molar-refractivity contribution is 5.23. The van der Waals surface area contributed by atoms with Crippen LogP contribution in [0.1, 0.15) is 88.5 Å². The molecule has 27 heavy (non-hydrogen) atoms. The molecule has 150 valence electrons. The number of allylic oxidation sites excluding steroid dienone is 1. The molecule has 1 aromatic carbocycles. The van der Waals surface area contributed by atoms with Gasteiger partial charge in [0.1, 0.15) is 0 Å². The van der Waals surface area contributed by atoms with Crippen molar-refractivity contribution in [1.82, 2.24) is 0 Å². The van der Waals surface area contributed by atoms with Gasteiger partial charge in [0.15, 0.2) is 17.5 Å². The molecule has 0 aromatic heterocycles. The summed E-state index contributed by atoms with van der Waals surface area (Å²) < 4.78 is 40.1. The lowest BCUT2D eigenvalue weighted by Crippen LogP contribution is -2.18. The third-order valence-corrected chi connectivity index (χ3v) is 7.05. The molecule has 2 saturated carbocycles. The summed E-state index contributed by atoms with van der Waals surface area (Å²) in [7, 11) is 0. The van der Waals surface area contributed by atoms with Gasteiger partial charge in [-0.15, -0.1) is 6.58 Å². The molecule has 2 aliphatic rings. The molecule has 2 aliphatic carbocycles. The van der Waals surface area contributed by atoms with Crippen LogP contribution in [0.4, 0.5) is 13.2 Å². The maximum Gasteiger partial charge on any atom is 0.194 e. The molecule has 0 unspecified atom stereocenters. The zero-order valence-electron chi connectivity index (χ0n) is 16.4. The molecule has 0 heterocycles. The van der Waals surface area contributed by atoms with E-state index in [0.717, 1.165) is 49.9 Å². The van der Waals surface area contributed by atoms with Crippen LogP contribution in [-0.4, -0.2) is 0 Å². The van der Waals surface area contributed by atoms with Crippen LogP contribution in [0.25, 0.3) is 0 Å². The minimum Gasteiger partial charge on any atom is -0.204 e. The van der Waals surface area contributed by atoms with Gasteiger partial charge in [-0.2, -0.15) is 0 Å². The monoisotopic (exact) mass is 378 g/mol. The summed E-state index contributed by atoms with van der Waals surface area (Å²) in [5.41, 5.74) is 0.627. The fourth-order valence-electron chi connectivity index (χ4n) is 5.23. The summed E-state index contributed by atoms with van der Waals surface area (Å²) in [6, 6.07) is 2.38. The molecule has 0 atom stereocenters. The summed E-state index contributed by atoms with van der Waals surface area (Å²) >= 11 is 0. The maximum absolute atomic E-state index is 13.5. The highest BCUT2D eigenvalue weighted by Crippen LogP contribution is 2.40. The summed E-state index contributed by atoms with van der Waals surface area (Å²) in [5, 5.41) is 0. The minimum absolute atomic E-state index is 0.172. The number of halogens is 3. The van der Waals surface area contributed by atoms with E-state index < -0.39 is 17.5 Å². The van der Waals surface area contributed by atoms with Gasteiger partial charge in [-0.25, -0.2) is 13.2 Å². The maximum atomic E-state index is 13.5. The van der Waals surface area contributed by atoms with Gasteiger partial charge in [-0.1, -0.05) is 44.6 Å². The molecule has 0 N–H and O–H groups in total. The minimum atomic E-state index is -1.35. The SMILES string of the molecule is C=CCCC1CCC(CCC2CCC(c3cc(F)c(F)c(F)c3)CC2)CC1. The van der Waals surface area contributed by atoms with Crippen LogP contribution >= 0.6 is 0 Å². The molecule has 2 fully saturated rings. The van der Waals surface area contributed by atoms with Gasteiger partial charge in [0.25, 0.3) is 0 Å². The van der Waals surface area contributed by atoms with Crippen molar-refractivity contribution in [1.29, 1.82) is 0 Å². The predicted molar refractivity (Wildman–Crippen MR) is 105 cm³/mol. The van der Waals surface area contributed by atoms with E-state index in [1.165, 1.54) is 57.1 Å². The van der Waals surface area contributed by atoms with E-state index in [2.05, 4.69) is 6.58 Å². The first kappa shape index (κ1) is 20.5. The largest absolute Gasteiger partial charge is 0.204 e. The lowest BCUT2D eigenvalue weighted by molar-refractivity contribution is 0.225. The Labute approximate surface area is 162 Å². The molecule has 0 amide bonds. The number of benzene rings is 1. The quantitative estimate of drug-likeness (QED) is 0.334. The predicted octanol–water partition coefficient (Wildman–Crippen LogP) is 7.93. The molecule has 1 aromatic rings. The molecule has 0 radical (unpaired) electrons. The Hall–Kier alpha value is -1.25. The van der Waals surface area contributed by atoms with Gasteiger partial charge in [0, 0.05) is 0 Å². The van der Waals surface area contributed by atoms with Crippen LogP contribution in [-0.2, 0) is 0 Å². The Balaban J connectivity index is 1.38. The van der Waals surface area contributed by atoms with Crippen molar-refractivity contribution in [3.8, 4) is 0 Å². The van der Waals surface area contributed by atoms with Gasteiger partial charge in [0.2, 0.25) is 0 Å². The fourth-order valence-corrected chi connectivity index (χ4v) is 5.23. The first-order chi connectivity index (χ1) is 13.1. The van der Waals surface area contributed by atoms with E-state index >= 15 is 0 Å². The van der Waals surface area contributed by atoms with Crippen molar-refractivity contribution in [3.63, 3.8) is 0 Å². The van der Waals surface area contributed by atoms with Crippen molar-refractivity contribution in [2.75, 3.05) is 0 Å². The number of hydrogen-bond acceptors (Lipinski definition) is 0. The number of hydrogen-bond donors (Lipinski definition) is 0. The van der Waals surface area contributed by atoms with Gasteiger partial charge in [-0.3, -0.25) is 0 Å². The summed E-state index contributed by atoms with van der Waals surface area (Å²) in [5.74, 6) is -0.756. The van der Waals surface area contributed by atoms with Gasteiger partial charge < -0.3 is 0 Å². The van der Waals surface area contributed by atoms with Crippen molar-refractivity contribution in [2.45, 2.75) is 83.0 Å². The van der Waals surface area contributed by atoms with E-state index in [-0.39, 0.29) is 5.92 Å². The highest BCUT2D eigenvalue weighted by Gasteiger charge is 2.26. The van der Waals surface area contributed by atoms with Crippen LogP contribution in [0.15, 0.2) is 24.8 Å². The fraction of sp³-hybridized carbons (Fsp3) is 0.667. The zero-order valence-corrected chi connectivity index (χ0v) is 16.4. The van der Waals surface area contributed by atoms with Gasteiger partial charge >= 0.3 is 0 Å². The van der Waals surface area contributed by atoms with E-state index in [9.17, 15) is 13.2 Å². The van der Waals surface area contributed by atoms with Crippen molar-refractivity contribution in [2.24, 2.45) is 17.8 Å². The summed E-state index contributed by atoms with van der Waals surface area (Å²) in [4.78, 5) is 0. The molecule has 3 heteroatoms. The third-order valence-electron chi connectivity index (χ3n) is 7.05. The Morgan fingerprint density at radius 2 is 1.19 bits per heavy atom. The molecule has 0 nitrogen and oxygen atoms in total. The van der Waals surface area contributed by atoms with Crippen LogP contribution in [0.3, 0.4) is 0 Å². The van der Waals surface area contributed by atoms with E-state index in [0.29, 0.717) is 5.56 Å². The normalized spacial score (nSPS) is 28.9. The smallest absolute Gasteiger partial charge is 0.194 e. The second-order valence-electron chi connectivity index (χ2n) is 8.85. The molecule has 0 bridgehead atoms. The molecule has 0 aliphatic heterocycles. The Kier molecular flexibility index (Phi) is 7.43. The van der Waals surface area contributed by atoms with Gasteiger partial charge in [0.05, 0.1) is 0 Å². The third kappa shape index (κ3) is 5.62. The lowest BCUT2D eigenvalue weighted by atomic mass is 9.74. The van der Waals surface area contributed by atoms with Crippen LogP contribution in [0, 0.1) is 35.2 Å². The topological polar surface area (TPSA) is 0 Å². The van der Waals surface area contributed by atoms with Gasteiger partial charge in [-0.05, 0) is 79.9 Å². The first-order valence-corrected chi connectivity index (χ1v) is 10.8. The highest BCUT2D eigenvalue weighted by atomic mass is 19.2. The molecule has 0 saturated heterocycles. The van der Waals surface area contributed by atoms with Crippen LogP contribution < -0.4 is 0 Å². The molecular weight excluding hydrogens is 345 g/mol. The Morgan fingerprint density at radius 3 is 1.67 bits per heavy atom. The second kappa shape index (κ2) is 9.80. The van der Waals surface area contributed by atoms with E-state index in [4.69, 9.17) is 0 Å². The van der Waals surface area contributed by atoms with Crippen LogP contribution in [0.2, 0.25) is 0 Å². The molecule has 3 rings (SSSR count). The Bertz CT molecular complexity index is 585. The number of rotatable bonds is 7. The second-order valence-corrected chi connectivity index (χ2v) is 8.85. The van der Waals surface area contributed by atoms with Crippen molar-refractivity contribution < 1.29 is 13.2 Å². The standard InChI is InChI=1S/C24H33F3/c1-2-3-4-17-5-7-18(8-6-17)9-10-19-11-13-20(14-12-19)21-15-22(25)24(27)23(26)16-21/h2,15-20H,1,3-14H2. The Morgan fingerprint density at radius 1 is 0.741 bits per heavy atom. The van der Waals surface area contributed by atoms with E-state index in [1.54, 1.807) is 0 Å². The first-order valence-electron chi connectivity index (χ1n) is 10.8. The van der Waals surface area contributed by atoms with E-state index in [1.807, 2.05) is 6.08 Å².